The van der Waals surface area contributed by atoms with E-state index >= 15 is 0 Å². The summed E-state index contributed by atoms with van der Waals surface area (Å²) in [5, 5.41) is 6.89. The Morgan fingerprint density at radius 3 is 2.08 bits per heavy atom. The topological polar surface area (TPSA) is 49.8 Å². The Kier molecular flexibility index (Phi) is 5.52. The predicted molar refractivity (Wildman–Crippen MR) is 109 cm³/mol. The van der Waals surface area contributed by atoms with Crippen molar-refractivity contribution in [2.75, 3.05) is 17.2 Å². The van der Waals surface area contributed by atoms with Gasteiger partial charge in [-0.1, -0.05) is 60.7 Å². The Morgan fingerprint density at radius 2 is 1.42 bits per heavy atom. The molecule has 3 aromatic rings. The van der Waals surface area contributed by atoms with Crippen LogP contribution in [0.4, 0.5) is 11.6 Å². The normalized spacial score (nSPS) is 11.2. The molecule has 0 saturated heterocycles. The highest BCUT2D eigenvalue weighted by atomic mass is 15.1. The van der Waals surface area contributed by atoms with Crippen LogP contribution in [0.1, 0.15) is 26.3 Å². The van der Waals surface area contributed by atoms with E-state index in [2.05, 4.69) is 55.7 Å². The molecule has 1 heterocycles. The second-order valence-electron chi connectivity index (χ2n) is 7.37. The molecule has 4 nitrogen and oxygen atoms in total. The molecule has 0 bridgehead atoms. The average Bonchev–Trinajstić information content (AvgIpc) is 2.62. The number of aromatic nitrogens is 2. The van der Waals surface area contributed by atoms with Crippen LogP contribution in [0, 0.1) is 0 Å². The average molecular weight is 346 g/mol. The van der Waals surface area contributed by atoms with Gasteiger partial charge < -0.3 is 10.6 Å². The van der Waals surface area contributed by atoms with E-state index < -0.39 is 0 Å². The molecule has 4 heteroatoms. The largest absolute Gasteiger partial charge is 0.370 e. The first-order valence-electron chi connectivity index (χ1n) is 9.00. The number of benzene rings is 2. The molecule has 0 amide bonds. The summed E-state index contributed by atoms with van der Waals surface area (Å²) in [4.78, 5) is 9.40. The van der Waals surface area contributed by atoms with Gasteiger partial charge in [-0.3, -0.25) is 0 Å². The first kappa shape index (κ1) is 17.9. The van der Waals surface area contributed by atoms with Crippen molar-refractivity contribution in [3.05, 3.63) is 72.3 Å². The van der Waals surface area contributed by atoms with Crippen LogP contribution in [0.15, 0.2) is 66.7 Å². The second kappa shape index (κ2) is 8.00. The lowest BCUT2D eigenvalue weighted by molar-refractivity contribution is 0.630. The summed E-state index contributed by atoms with van der Waals surface area (Å²) in [5.74, 6) is 2.39. The first-order valence-corrected chi connectivity index (χ1v) is 9.00. The smallest absolute Gasteiger partial charge is 0.163 e. The minimum atomic E-state index is -0.0659. The SMILES string of the molecule is CC(C)(C)Nc1cc(NCCc2ccccc2)nc(-c2ccccc2)n1. The fourth-order valence-corrected chi connectivity index (χ4v) is 2.68. The van der Waals surface area contributed by atoms with Gasteiger partial charge in [0.2, 0.25) is 0 Å². The lowest BCUT2D eigenvalue weighted by Gasteiger charge is -2.22. The number of anilines is 2. The summed E-state index contributed by atoms with van der Waals surface area (Å²) in [6.45, 7) is 7.20. The maximum Gasteiger partial charge on any atom is 0.163 e. The Hall–Kier alpha value is -2.88. The number of nitrogens with one attached hydrogen (secondary N) is 2. The third-order valence-corrected chi connectivity index (χ3v) is 3.82. The van der Waals surface area contributed by atoms with Gasteiger partial charge in [0, 0.05) is 23.7 Å². The molecule has 1 aromatic heterocycles. The number of rotatable bonds is 6. The fraction of sp³-hybridized carbons (Fsp3) is 0.273. The Labute approximate surface area is 155 Å². The van der Waals surface area contributed by atoms with Crippen LogP contribution >= 0.6 is 0 Å². The van der Waals surface area contributed by atoms with Crippen molar-refractivity contribution in [1.82, 2.24) is 9.97 Å². The van der Waals surface area contributed by atoms with E-state index in [0.717, 1.165) is 36.0 Å². The number of nitrogens with zero attached hydrogens (tertiary/aromatic N) is 2. The van der Waals surface area contributed by atoms with E-state index in [4.69, 9.17) is 9.97 Å². The molecular weight excluding hydrogens is 320 g/mol. The monoisotopic (exact) mass is 346 g/mol. The second-order valence-corrected chi connectivity index (χ2v) is 7.37. The molecule has 0 spiro atoms. The van der Waals surface area contributed by atoms with Gasteiger partial charge in [0.15, 0.2) is 5.82 Å². The predicted octanol–water partition coefficient (Wildman–Crippen LogP) is 5.01. The zero-order valence-electron chi connectivity index (χ0n) is 15.7. The van der Waals surface area contributed by atoms with E-state index in [1.807, 2.05) is 42.5 Å². The van der Waals surface area contributed by atoms with Crippen LogP contribution in [0.5, 0.6) is 0 Å². The molecule has 0 aliphatic rings. The molecule has 2 N–H and O–H groups in total. The zero-order valence-corrected chi connectivity index (χ0v) is 15.7. The van der Waals surface area contributed by atoms with E-state index in [-0.39, 0.29) is 5.54 Å². The molecule has 0 radical (unpaired) electrons. The number of hydrogen-bond acceptors (Lipinski definition) is 4. The first-order chi connectivity index (χ1) is 12.5. The summed E-state index contributed by atoms with van der Waals surface area (Å²) in [5.41, 5.74) is 2.26. The third kappa shape index (κ3) is 5.31. The Morgan fingerprint density at radius 1 is 0.808 bits per heavy atom. The van der Waals surface area contributed by atoms with E-state index in [9.17, 15) is 0 Å². The molecule has 134 valence electrons. The van der Waals surface area contributed by atoms with Crippen molar-refractivity contribution in [1.29, 1.82) is 0 Å². The van der Waals surface area contributed by atoms with Gasteiger partial charge in [0.25, 0.3) is 0 Å². The Balaban J connectivity index is 1.80. The van der Waals surface area contributed by atoms with Gasteiger partial charge in [-0.05, 0) is 32.8 Å². The van der Waals surface area contributed by atoms with Gasteiger partial charge in [-0.15, -0.1) is 0 Å². The lowest BCUT2D eigenvalue weighted by Crippen LogP contribution is -2.27. The molecule has 0 fully saturated rings. The van der Waals surface area contributed by atoms with Gasteiger partial charge in [0.1, 0.15) is 11.6 Å². The van der Waals surface area contributed by atoms with Gasteiger partial charge in [0.05, 0.1) is 0 Å². The molecule has 0 saturated carbocycles. The molecule has 3 rings (SSSR count). The van der Waals surface area contributed by atoms with Crippen LogP contribution < -0.4 is 10.6 Å². The van der Waals surface area contributed by atoms with Gasteiger partial charge in [-0.2, -0.15) is 0 Å². The highest BCUT2D eigenvalue weighted by molar-refractivity contribution is 5.61. The minimum Gasteiger partial charge on any atom is -0.370 e. The molecule has 26 heavy (non-hydrogen) atoms. The molecule has 0 aliphatic heterocycles. The van der Waals surface area contributed by atoms with Crippen LogP contribution in [-0.2, 0) is 6.42 Å². The fourth-order valence-electron chi connectivity index (χ4n) is 2.68. The molecule has 0 unspecified atom stereocenters. The highest BCUT2D eigenvalue weighted by Gasteiger charge is 2.13. The highest BCUT2D eigenvalue weighted by Crippen LogP contribution is 2.22. The summed E-state index contributed by atoms with van der Waals surface area (Å²) >= 11 is 0. The minimum absolute atomic E-state index is 0.0659. The van der Waals surface area contributed by atoms with Crippen LogP contribution in [0.2, 0.25) is 0 Å². The van der Waals surface area contributed by atoms with Gasteiger partial charge in [-0.25, -0.2) is 9.97 Å². The van der Waals surface area contributed by atoms with Crippen molar-refractivity contribution in [2.45, 2.75) is 32.7 Å². The molecule has 0 atom stereocenters. The summed E-state index contributed by atoms with van der Waals surface area (Å²) in [6.07, 6.45) is 0.952. The van der Waals surface area contributed by atoms with Crippen molar-refractivity contribution in [3.63, 3.8) is 0 Å². The van der Waals surface area contributed by atoms with Gasteiger partial charge >= 0.3 is 0 Å². The van der Waals surface area contributed by atoms with Crippen molar-refractivity contribution >= 4 is 11.6 Å². The number of hydrogen-bond donors (Lipinski definition) is 2. The van der Waals surface area contributed by atoms with Crippen molar-refractivity contribution in [3.8, 4) is 11.4 Å². The zero-order chi connectivity index (χ0) is 18.4. The van der Waals surface area contributed by atoms with Crippen molar-refractivity contribution < 1.29 is 0 Å². The van der Waals surface area contributed by atoms with Crippen LogP contribution in [0.25, 0.3) is 11.4 Å². The molecular formula is C22H26N4. The maximum atomic E-state index is 4.70. The summed E-state index contributed by atoms with van der Waals surface area (Å²) in [6, 6.07) is 22.5. The molecule has 0 aliphatic carbocycles. The van der Waals surface area contributed by atoms with Crippen LogP contribution in [-0.4, -0.2) is 22.1 Å². The van der Waals surface area contributed by atoms with E-state index in [1.165, 1.54) is 5.56 Å². The third-order valence-electron chi connectivity index (χ3n) is 3.82. The quantitative estimate of drug-likeness (QED) is 0.659. The molecule has 2 aromatic carbocycles. The summed E-state index contributed by atoms with van der Waals surface area (Å²) < 4.78 is 0. The standard InChI is InChI=1S/C22H26N4/c1-22(2,3)26-20-16-19(23-15-14-17-10-6-4-7-11-17)24-21(25-20)18-12-8-5-9-13-18/h4-13,16H,14-15H2,1-3H3,(H2,23,24,25,26). The van der Waals surface area contributed by atoms with E-state index in [1.54, 1.807) is 0 Å². The van der Waals surface area contributed by atoms with Crippen LogP contribution in [0.3, 0.4) is 0 Å². The van der Waals surface area contributed by atoms with E-state index in [0.29, 0.717) is 0 Å². The maximum absolute atomic E-state index is 4.70. The lowest BCUT2D eigenvalue weighted by atomic mass is 10.1. The van der Waals surface area contributed by atoms with Crippen molar-refractivity contribution in [2.24, 2.45) is 0 Å². The Bertz CT molecular complexity index is 824. The summed E-state index contributed by atoms with van der Waals surface area (Å²) in [7, 11) is 0.